The van der Waals surface area contributed by atoms with Gasteiger partial charge in [-0.05, 0) is 49.9 Å². The van der Waals surface area contributed by atoms with Gasteiger partial charge in [0.05, 0.1) is 23.1 Å². The molecule has 1 fully saturated rings. The number of nitrogens with one attached hydrogen (secondary N) is 1. The van der Waals surface area contributed by atoms with E-state index in [1.165, 1.54) is 12.1 Å². The van der Waals surface area contributed by atoms with Crippen molar-refractivity contribution in [2.45, 2.75) is 38.1 Å². The molecule has 0 unspecified atom stereocenters. The molecule has 0 saturated carbocycles. The number of allylic oxidation sites excluding steroid dienone is 1. The van der Waals surface area contributed by atoms with Crippen LogP contribution in [0.25, 0.3) is 17.5 Å². The fourth-order valence-electron chi connectivity index (χ4n) is 4.49. The number of fused-ring (bicyclic) bond motifs is 1. The Morgan fingerprint density at radius 2 is 2.18 bits per heavy atom. The Hall–Kier alpha value is -4.01. The number of rotatable bonds is 5. The van der Waals surface area contributed by atoms with Crippen molar-refractivity contribution in [1.29, 1.82) is 5.41 Å². The van der Waals surface area contributed by atoms with Gasteiger partial charge in [0.2, 0.25) is 0 Å². The van der Waals surface area contributed by atoms with Gasteiger partial charge in [-0.2, -0.15) is 5.10 Å². The Balaban J connectivity index is 1.36. The molecular weight excluding hydrogens is 433 g/mol. The van der Waals surface area contributed by atoms with Crippen LogP contribution in [-0.2, 0) is 6.42 Å². The van der Waals surface area contributed by atoms with Gasteiger partial charge in [-0.3, -0.25) is 15.2 Å². The molecule has 3 aromatic rings. The van der Waals surface area contributed by atoms with Crippen LogP contribution >= 0.6 is 0 Å². The summed E-state index contributed by atoms with van der Waals surface area (Å²) in [6, 6.07) is 8.33. The maximum Gasteiger partial charge on any atom is 0.275 e. The van der Waals surface area contributed by atoms with Gasteiger partial charge in [0.25, 0.3) is 5.91 Å². The van der Waals surface area contributed by atoms with Crippen molar-refractivity contribution < 1.29 is 9.18 Å². The molecule has 2 aliphatic rings. The highest BCUT2D eigenvalue weighted by atomic mass is 19.1. The second-order valence-electron chi connectivity index (χ2n) is 8.31. The molecule has 0 bridgehead atoms. The second kappa shape index (κ2) is 9.46. The van der Waals surface area contributed by atoms with Crippen molar-refractivity contribution >= 4 is 24.2 Å². The lowest BCUT2D eigenvalue weighted by Crippen LogP contribution is -2.36. The first-order valence-electron chi connectivity index (χ1n) is 11.3. The third-order valence-corrected chi connectivity index (χ3v) is 6.13. The summed E-state index contributed by atoms with van der Waals surface area (Å²) in [5.41, 5.74) is 3.28. The Morgan fingerprint density at radius 1 is 1.26 bits per heavy atom. The molecular formula is C25H24FN7O. The molecule has 1 amide bonds. The van der Waals surface area contributed by atoms with Crippen molar-refractivity contribution in [1.82, 2.24) is 24.6 Å². The number of aliphatic imine (C=N–C) groups is 1. The molecule has 1 atom stereocenters. The summed E-state index contributed by atoms with van der Waals surface area (Å²) < 4.78 is 14.9. The molecule has 172 valence electrons. The van der Waals surface area contributed by atoms with Gasteiger partial charge in [-0.25, -0.2) is 19.0 Å². The van der Waals surface area contributed by atoms with E-state index >= 15 is 0 Å². The standard InChI is InChI=1S/C25H24FN7O/c26-17-9-10-20(30-16-17)24(27)29-13-11-18-6-5-14-32(18)25(34)23-22(19-7-1-3-12-28-19)21-8-2-4-15-33(21)31-23/h1,3-4,7,9-10,12-13,15-16,18,27H,2,5-6,8,11,14H2/t18-/m0/s1. The summed E-state index contributed by atoms with van der Waals surface area (Å²) in [5, 5.41) is 12.7. The number of carbonyl (C=O) groups is 1. The molecule has 1 N–H and O–H groups in total. The third kappa shape index (κ3) is 4.28. The minimum absolute atomic E-state index is 0.0314. The smallest absolute Gasteiger partial charge is 0.275 e. The largest absolute Gasteiger partial charge is 0.334 e. The highest BCUT2D eigenvalue weighted by molar-refractivity contribution is 6.01. The van der Waals surface area contributed by atoms with Gasteiger partial charge in [-0.15, -0.1) is 0 Å². The fraction of sp³-hybridized carbons (Fsp3) is 0.280. The highest BCUT2D eigenvalue weighted by Gasteiger charge is 2.34. The van der Waals surface area contributed by atoms with Crippen LogP contribution in [0.4, 0.5) is 4.39 Å². The van der Waals surface area contributed by atoms with Crippen molar-refractivity contribution in [3.63, 3.8) is 0 Å². The van der Waals surface area contributed by atoms with Crippen LogP contribution in [0.15, 0.2) is 53.8 Å². The molecule has 5 heterocycles. The Bertz CT molecular complexity index is 1260. The molecule has 1 saturated heterocycles. The normalized spacial score (nSPS) is 17.3. The summed E-state index contributed by atoms with van der Waals surface area (Å²) in [5.74, 6) is -0.605. The van der Waals surface area contributed by atoms with E-state index in [-0.39, 0.29) is 17.8 Å². The molecule has 0 aliphatic carbocycles. The minimum atomic E-state index is -0.456. The van der Waals surface area contributed by atoms with Gasteiger partial charge in [-0.1, -0.05) is 12.1 Å². The Labute approximate surface area is 196 Å². The molecule has 5 rings (SSSR count). The van der Waals surface area contributed by atoms with E-state index in [2.05, 4.69) is 26.1 Å². The number of amidine groups is 1. The number of pyridine rings is 2. The van der Waals surface area contributed by atoms with Gasteiger partial charge < -0.3 is 4.90 Å². The van der Waals surface area contributed by atoms with E-state index in [1.54, 1.807) is 17.1 Å². The van der Waals surface area contributed by atoms with Crippen LogP contribution in [0, 0.1) is 11.2 Å². The van der Waals surface area contributed by atoms with Crippen LogP contribution in [0.5, 0.6) is 0 Å². The van der Waals surface area contributed by atoms with Crippen LogP contribution < -0.4 is 0 Å². The summed E-state index contributed by atoms with van der Waals surface area (Å²) in [6.07, 6.45) is 12.4. The van der Waals surface area contributed by atoms with Crippen molar-refractivity contribution in [3.05, 3.63) is 71.7 Å². The molecule has 8 nitrogen and oxygen atoms in total. The van der Waals surface area contributed by atoms with E-state index in [0.29, 0.717) is 24.4 Å². The zero-order valence-corrected chi connectivity index (χ0v) is 18.6. The van der Waals surface area contributed by atoms with Crippen LogP contribution in [0.1, 0.15) is 47.6 Å². The Kier molecular flexibility index (Phi) is 6.07. The number of halogens is 1. The maximum absolute atomic E-state index is 13.7. The molecule has 2 aliphatic heterocycles. The van der Waals surface area contributed by atoms with E-state index in [4.69, 9.17) is 5.41 Å². The zero-order chi connectivity index (χ0) is 23.5. The predicted octanol–water partition coefficient (Wildman–Crippen LogP) is 3.99. The fourth-order valence-corrected chi connectivity index (χ4v) is 4.49. The van der Waals surface area contributed by atoms with Crippen molar-refractivity contribution in [2.75, 3.05) is 6.54 Å². The summed E-state index contributed by atoms with van der Waals surface area (Å²) in [6.45, 7) is 0.647. The van der Waals surface area contributed by atoms with Gasteiger partial charge >= 0.3 is 0 Å². The molecule has 0 spiro atoms. The zero-order valence-electron chi connectivity index (χ0n) is 18.6. The predicted molar refractivity (Wildman–Crippen MR) is 127 cm³/mol. The SMILES string of the molecule is N=C(N=CC[C@@H]1CCCN1C(=O)c1nn2c(c1-c1ccccn1)CCC=C2)c1ccc(F)cn1. The minimum Gasteiger partial charge on any atom is -0.334 e. The second-order valence-corrected chi connectivity index (χ2v) is 8.31. The van der Waals surface area contributed by atoms with Crippen LogP contribution in [-0.4, -0.2) is 55.2 Å². The quantitative estimate of drug-likeness (QED) is 0.462. The average Bonchev–Trinajstić information content (AvgIpc) is 3.49. The van der Waals surface area contributed by atoms with Gasteiger partial charge in [0, 0.05) is 37.6 Å². The highest BCUT2D eigenvalue weighted by Crippen LogP contribution is 2.32. The lowest BCUT2D eigenvalue weighted by atomic mass is 10.0. The summed E-state index contributed by atoms with van der Waals surface area (Å²) in [4.78, 5) is 28.1. The maximum atomic E-state index is 13.7. The number of carbonyl (C=O) groups excluding carboxylic acids is 1. The first-order valence-corrected chi connectivity index (χ1v) is 11.3. The third-order valence-electron chi connectivity index (χ3n) is 6.13. The number of nitrogens with zero attached hydrogens (tertiary/aromatic N) is 6. The number of hydrogen-bond acceptors (Lipinski definition) is 5. The first-order chi connectivity index (χ1) is 16.6. The monoisotopic (exact) mass is 457 g/mol. The van der Waals surface area contributed by atoms with Gasteiger partial charge in [0.15, 0.2) is 11.5 Å². The van der Waals surface area contributed by atoms with E-state index in [9.17, 15) is 9.18 Å². The molecule has 9 heteroatoms. The summed E-state index contributed by atoms with van der Waals surface area (Å²) >= 11 is 0. The van der Waals surface area contributed by atoms with Crippen LogP contribution in [0.2, 0.25) is 0 Å². The average molecular weight is 458 g/mol. The van der Waals surface area contributed by atoms with E-state index in [0.717, 1.165) is 48.8 Å². The summed E-state index contributed by atoms with van der Waals surface area (Å²) in [7, 11) is 0. The van der Waals surface area contributed by atoms with Gasteiger partial charge in [0.1, 0.15) is 11.5 Å². The number of aromatic nitrogens is 4. The lowest BCUT2D eigenvalue weighted by molar-refractivity contribution is 0.0735. The number of hydrogen-bond donors (Lipinski definition) is 1. The van der Waals surface area contributed by atoms with Crippen LogP contribution in [0.3, 0.4) is 0 Å². The number of likely N-dealkylation sites (tertiary alicyclic amines) is 1. The molecule has 0 aromatic carbocycles. The van der Waals surface area contributed by atoms with E-state index in [1.807, 2.05) is 29.3 Å². The Morgan fingerprint density at radius 3 is 2.97 bits per heavy atom. The molecule has 3 aromatic heterocycles. The van der Waals surface area contributed by atoms with E-state index < -0.39 is 5.82 Å². The molecule has 34 heavy (non-hydrogen) atoms. The van der Waals surface area contributed by atoms with Crippen molar-refractivity contribution in [2.24, 2.45) is 4.99 Å². The lowest BCUT2D eigenvalue weighted by Gasteiger charge is -2.23. The number of amides is 1. The topological polar surface area (TPSA) is 100 Å². The first kappa shape index (κ1) is 21.8. The van der Waals surface area contributed by atoms with Crippen molar-refractivity contribution in [3.8, 4) is 11.3 Å². The molecule has 0 radical (unpaired) electrons.